The standard InChI is InChI=1S/C42H60S2Si/c1-13-27-23-33-35(29-15-19-31(20-16-29)41(5,6)7)25(3)43-37(33)39(27)45(11,12)40-28(14-2)24-34-36(26(4)44-38(34)40)30-17-21-32(22-18-30)42(8,9)10/h15-22,27-28,33-34,37-40H,13-14,23-24H2,1-12H3. The van der Waals surface area contributed by atoms with Crippen LogP contribution < -0.4 is 0 Å². The second-order valence-electron chi connectivity index (χ2n) is 17.7. The smallest absolute Gasteiger partial charge is 0.0564 e. The van der Waals surface area contributed by atoms with Gasteiger partial charge < -0.3 is 0 Å². The highest BCUT2D eigenvalue weighted by atomic mass is 32.2. The topological polar surface area (TPSA) is 0 Å². The Labute approximate surface area is 286 Å². The number of hydrogen-bond acceptors (Lipinski definition) is 2. The van der Waals surface area contributed by atoms with Gasteiger partial charge in [-0.3, -0.25) is 0 Å². The molecule has 3 heteroatoms. The van der Waals surface area contributed by atoms with Gasteiger partial charge in [-0.25, -0.2) is 0 Å². The summed E-state index contributed by atoms with van der Waals surface area (Å²) in [5, 5.41) is 1.55. The van der Waals surface area contributed by atoms with Crippen molar-refractivity contribution in [3.63, 3.8) is 0 Å². The van der Waals surface area contributed by atoms with E-state index in [0.29, 0.717) is 0 Å². The number of hydrogen-bond donors (Lipinski definition) is 0. The highest BCUT2D eigenvalue weighted by Crippen LogP contribution is 2.69. The first kappa shape index (κ1) is 33.7. The Kier molecular flexibility index (Phi) is 9.04. The molecule has 0 spiro atoms. The van der Waals surface area contributed by atoms with Crippen molar-refractivity contribution in [2.24, 2.45) is 23.7 Å². The molecule has 2 aromatic carbocycles. The van der Waals surface area contributed by atoms with Crippen LogP contribution in [0.3, 0.4) is 0 Å². The van der Waals surface area contributed by atoms with E-state index in [9.17, 15) is 0 Å². The third-order valence-corrected chi connectivity index (χ3v) is 21.2. The first-order chi connectivity index (χ1) is 21.1. The summed E-state index contributed by atoms with van der Waals surface area (Å²) in [6.45, 7) is 29.6. The van der Waals surface area contributed by atoms with Crippen LogP contribution >= 0.6 is 23.5 Å². The molecule has 2 aliphatic heterocycles. The normalized spacial score (nSPS) is 32.1. The van der Waals surface area contributed by atoms with Crippen LogP contribution in [-0.2, 0) is 10.8 Å². The number of allylic oxidation sites excluding steroid dienone is 4. The Morgan fingerprint density at radius 1 is 0.600 bits per heavy atom. The lowest BCUT2D eigenvalue weighted by Gasteiger charge is -2.45. The fraction of sp³-hybridized carbons (Fsp3) is 0.619. The van der Waals surface area contributed by atoms with E-state index in [4.69, 9.17) is 0 Å². The zero-order valence-corrected chi connectivity index (χ0v) is 33.0. The van der Waals surface area contributed by atoms with Crippen LogP contribution in [0.5, 0.6) is 0 Å². The van der Waals surface area contributed by atoms with Gasteiger partial charge in [0.25, 0.3) is 0 Å². The molecular weight excluding hydrogens is 597 g/mol. The molecular formula is C42H60S2Si. The molecule has 0 aromatic heterocycles. The third kappa shape index (κ3) is 5.82. The average molecular weight is 657 g/mol. The van der Waals surface area contributed by atoms with Gasteiger partial charge in [0.1, 0.15) is 0 Å². The van der Waals surface area contributed by atoms with Crippen LogP contribution in [0, 0.1) is 23.7 Å². The van der Waals surface area contributed by atoms with E-state index in [1.165, 1.54) is 47.9 Å². The minimum atomic E-state index is -1.66. The van der Waals surface area contributed by atoms with Gasteiger partial charge in [0.05, 0.1) is 8.07 Å². The van der Waals surface area contributed by atoms with Gasteiger partial charge in [-0.05, 0) is 115 Å². The Morgan fingerprint density at radius 2 is 0.933 bits per heavy atom. The van der Waals surface area contributed by atoms with Crippen LogP contribution in [0.25, 0.3) is 11.1 Å². The zero-order valence-electron chi connectivity index (χ0n) is 30.4. The quantitative estimate of drug-likeness (QED) is 0.284. The van der Waals surface area contributed by atoms with Crippen molar-refractivity contribution in [3.05, 3.63) is 80.6 Å². The largest absolute Gasteiger partial charge is 0.127 e. The number of benzene rings is 2. The van der Waals surface area contributed by atoms with Gasteiger partial charge in [-0.2, -0.15) is 0 Å². The summed E-state index contributed by atoms with van der Waals surface area (Å²) in [7, 11) is -1.66. The number of thioether (sulfide) groups is 2. The predicted molar refractivity (Wildman–Crippen MR) is 207 cm³/mol. The molecule has 8 atom stereocenters. The van der Waals surface area contributed by atoms with Crippen molar-refractivity contribution in [1.82, 2.24) is 0 Å². The summed E-state index contributed by atoms with van der Waals surface area (Å²) in [5.74, 6) is 3.19. The highest BCUT2D eigenvalue weighted by Gasteiger charge is 2.61. The average Bonchev–Trinajstić information content (AvgIpc) is 3.68. The monoisotopic (exact) mass is 656 g/mol. The van der Waals surface area contributed by atoms with Crippen molar-refractivity contribution in [1.29, 1.82) is 0 Å². The summed E-state index contributed by atoms with van der Waals surface area (Å²) >= 11 is 4.59. The van der Waals surface area contributed by atoms with Gasteiger partial charge >= 0.3 is 0 Å². The number of fused-ring (bicyclic) bond motifs is 2. The van der Waals surface area contributed by atoms with Crippen LogP contribution in [0.2, 0.25) is 24.2 Å². The maximum atomic E-state index is 2.86. The first-order valence-electron chi connectivity index (χ1n) is 18.0. The molecule has 0 bridgehead atoms. The molecule has 0 radical (unpaired) electrons. The lowest BCUT2D eigenvalue weighted by molar-refractivity contribution is 0.478. The molecule has 45 heavy (non-hydrogen) atoms. The molecule has 244 valence electrons. The Balaban J connectivity index is 1.29. The fourth-order valence-corrected chi connectivity index (χ4v) is 21.9. The second-order valence-corrected chi connectivity index (χ2v) is 25.4. The van der Waals surface area contributed by atoms with Gasteiger partial charge in [0.15, 0.2) is 0 Å². The van der Waals surface area contributed by atoms with Crippen molar-refractivity contribution < 1.29 is 0 Å². The summed E-state index contributed by atoms with van der Waals surface area (Å²) < 4.78 is 0. The van der Waals surface area contributed by atoms with Gasteiger partial charge in [0, 0.05) is 10.5 Å². The van der Waals surface area contributed by atoms with E-state index in [1.807, 2.05) is 0 Å². The van der Waals surface area contributed by atoms with Crippen LogP contribution in [-0.4, -0.2) is 18.6 Å². The number of rotatable bonds is 6. The van der Waals surface area contributed by atoms with E-state index in [2.05, 4.69) is 154 Å². The molecule has 2 saturated carbocycles. The van der Waals surface area contributed by atoms with Crippen molar-refractivity contribution >= 4 is 42.7 Å². The molecule has 2 heterocycles. The van der Waals surface area contributed by atoms with E-state index in [-0.39, 0.29) is 10.8 Å². The molecule has 2 fully saturated rings. The minimum Gasteiger partial charge on any atom is -0.127 e. The molecule has 0 nitrogen and oxygen atoms in total. The third-order valence-electron chi connectivity index (χ3n) is 12.6. The van der Waals surface area contributed by atoms with E-state index in [1.54, 1.807) is 21.0 Å². The molecule has 0 amide bonds. The van der Waals surface area contributed by atoms with Crippen LogP contribution in [0.4, 0.5) is 0 Å². The fourth-order valence-electron chi connectivity index (χ4n) is 10.4. The summed E-state index contributed by atoms with van der Waals surface area (Å²) in [6, 6.07) is 19.4. The molecule has 2 aromatic rings. The lowest BCUT2D eigenvalue weighted by Crippen LogP contribution is -2.47. The van der Waals surface area contributed by atoms with Crippen LogP contribution in [0.1, 0.15) is 117 Å². The van der Waals surface area contributed by atoms with Crippen molar-refractivity contribution in [2.45, 2.75) is 140 Å². The Morgan fingerprint density at radius 3 is 1.22 bits per heavy atom. The van der Waals surface area contributed by atoms with Crippen molar-refractivity contribution in [2.75, 3.05) is 0 Å². The molecule has 0 N–H and O–H groups in total. The molecule has 8 unspecified atom stereocenters. The zero-order chi connectivity index (χ0) is 32.6. The first-order valence-corrected chi connectivity index (χ1v) is 23.0. The van der Waals surface area contributed by atoms with Gasteiger partial charge in [0.2, 0.25) is 0 Å². The highest BCUT2D eigenvalue weighted by molar-refractivity contribution is 8.04. The maximum Gasteiger partial charge on any atom is 0.0564 e. The summed E-state index contributed by atoms with van der Waals surface area (Å²) in [4.78, 5) is 3.23. The maximum absolute atomic E-state index is 2.86. The van der Waals surface area contributed by atoms with E-state index >= 15 is 0 Å². The summed E-state index contributed by atoms with van der Waals surface area (Å²) in [5.41, 5.74) is 11.5. The lowest BCUT2D eigenvalue weighted by atomic mass is 9.84. The Bertz CT molecular complexity index is 1350. The van der Waals surface area contributed by atoms with Crippen LogP contribution in [0.15, 0.2) is 58.3 Å². The molecule has 6 rings (SSSR count). The molecule has 0 saturated heterocycles. The molecule has 2 aliphatic carbocycles. The van der Waals surface area contributed by atoms with Crippen molar-refractivity contribution in [3.8, 4) is 0 Å². The minimum absolute atomic E-state index is 0.201. The van der Waals surface area contributed by atoms with E-state index in [0.717, 1.165) is 45.3 Å². The Hall–Kier alpha value is -1.16. The van der Waals surface area contributed by atoms with Gasteiger partial charge in [-0.15, -0.1) is 23.5 Å². The SMILES string of the molecule is CCC1CC2C(c3ccc(C(C)(C)C)cc3)=C(C)SC2C1[Si](C)(C)C1C(CC)CC2C(c3ccc(C(C)(C)C)cc3)=C(C)SC21. The second kappa shape index (κ2) is 12.1. The predicted octanol–water partition coefficient (Wildman–Crippen LogP) is 13.2. The van der Waals surface area contributed by atoms with E-state index < -0.39 is 8.07 Å². The summed E-state index contributed by atoms with van der Waals surface area (Å²) in [6.07, 6.45) is 5.49. The van der Waals surface area contributed by atoms with Gasteiger partial charge in [-0.1, -0.05) is 130 Å². The molecule has 4 aliphatic rings.